The van der Waals surface area contributed by atoms with Gasteiger partial charge in [-0.2, -0.15) is 10.1 Å². The topological polar surface area (TPSA) is 75.8 Å². The van der Waals surface area contributed by atoms with Gasteiger partial charge < -0.3 is 15.4 Å². The fourth-order valence-corrected chi connectivity index (χ4v) is 1.76. The zero-order chi connectivity index (χ0) is 12.1. The highest BCUT2D eigenvalue weighted by atomic mass is 32.1. The summed E-state index contributed by atoms with van der Waals surface area (Å²) in [6.07, 6.45) is 1.57. The van der Waals surface area contributed by atoms with Crippen molar-refractivity contribution in [2.24, 2.45) is 10.8 Å². The minimum atomic E-state index is 0.118. The Morgan fingerprint density at radius 2 is 2.38 bits per heavy atom. The molecule has 3 N–H and O–H groups in total. The molecule has 0 saturated heterocycles. The van der Waals surface area contributed by atoms with Crippen LogP contribution in [-0.4, -0.2) is 37.5 Å². The number of thiocarbonyl (C=S) groups is 1. The Morgan fingerprint density at radius 3 is 2.88 bits per heavy atom. The van der Waals surface area contributed by atoms with Crippen molar-refractivity contribution in [3.05, 3.63) is 4.88 Å². The molecule has 1 aromatic rings. The number of thiazole rings is 1. The Morgan fingerprint density at radius 1 is 1.69 bits per heavy atom. The van der Waals surface area contributed by atoms with Gasteiger partial charge in [0.2, 0.25) is 5.88 Å². The summed E-state index contributed by atoms with van der Waals surface area (Å²) in [6, 6.07) is 0. The number of ether oxygens (including phenoxy) is 1. The molecule has 6 nitrogen and oxygen atoms in total. The monoisotopic (exact) mass is 259 g/mol. The number of anilines is 1. The summed E-state index contributed by atoms with van der Waals surface area (Å²) in [7, 11) is 5.38. The average molecular weight is 259 g/mol. The van der Waals surface area contributed by atoms with Crippen LogP contribution in [0, 0.1) is 0 Å². The van der Waals surface area contributed by atoms with Crippen LogP contribution >= 0.6 is 23.6 Å². The largest absolute Gasteiger partial charge is 0.480 e. The van der Waals surface area contributed by atoms with Crippen LogP contribution in [0.4, 0.5) is 5.13 Å². The van der Waals surface area contributed by atoms with E-state index in [2.05, 4.69) is 27.7 Å². The molecule has 0 unspecified atom stereocenters. The van der Waals surface area contributed by atoms with E-state index in [0.717, 1.165) is 10.0 Å². The smallest absolute Gasteiger partial charge is 0.235 e. The van der Waals surface area contributed by atoms with Crippen molar-refractivity contribution in [2.45, 2.75) is 0 Å². The zero-order valence-corrected chi connectivity index (χ0v) is 10.9. The molecule has 16 heavy (non-hydrogen) atoms. The van der Waals surface area contributed by atoms with E-state index in [4.69, 9.17) is 10.5 Å². The number of methoxy groups -OCH3 is 1. The van der Waals surface area contributed by atoms with Crippen molar-refractivity contribution >= 4 is 40.0 Å². The Hall–Kier alpha value is -1.41. The lowest BCUT2D eigenvalue weighted by Crippen LogP contribution is -2.23. The first-order valence-electron chi connectivity index (χ1n) is 4.35. The number of hydrogen-bond donors (Lipinski definition) is 2. The molecule has 0 aliphatic rings. The lowest BCUT2D eigenvalue weighted by atomic mass is 10.6. The molecule has 0 aliphatic carbocycles. The van der Waals surface area contributed by atoms with Gasteiger partial charge in [0.15, 0.2) is 10.2 Å². The van der Waals surface area contributed by atoms with Crippen LogP contribution in [0.15, 0.2) is 5.10 Å². The second kappa shape index (κ2) is 5.61. The number of nitrogens with one attached hydrogen (secondary N) is 1. The summed E-state index contributed by atoms with van der Waals surface area (Å²) in [5.74, 6) is 0.530. The first-order valence-corrected chi connectivity index (χ1v) is 5.57. The van der Waals surface area contributed by atoms with Crippen LogP contribution in [0.1, 0.15) is 4.88 Å². The van der Waals surface area contributed by atoms with Crippen molar-refractivity contribution < 1.29 is 4.74 Å². The lowest BCUT2D eigenvalue weighted by molar-refractivity contribution is 0.400. The van der Waals surface area contributed by atoms with E-state index in [1.165, 1.54) is 11.3 Å². The van der Waals surface area contributed by atoms with E-state index in [1.807, 2.05) is 19.0 Å². The van der Waals surface area contributed by atoms with Gasteiger partial charge in [0, 0.05) is 14.1 Å². The van der Waals surface area contributed by atoms with Gasteiger partial charge in [0.1, 0.15) is 4.88 Å². The third kappa shape index (κ3) is 3.31. The Labute approximate surface area is 103 Å². The van der Waals surface area contributed by atoms with Crippen molar-refractivity contribution in [1.29, 1.82) is 0 Å². The van der Waals surface area contributed by atoms with Crippen molar-refractivity contribution in [3.8, 4) is 5.88 Å². The Balaban J connectivity index is 2.85. The number of rotatable bonds is 4. The highest BCUT2D eigenvalue weighted by Gasteiger charge is 2.10. The molecule has 0 atom stereocenters. The van der Waals surface area contributed by atoms with Crippen LogP contribution in [0.5, 0.6) is 5.88 Å². The van der Waals surface area contributed by atoms with Crippen LogP contribution in [-0.2, 0) is 0 Å². The van der Waals surface area contributed by atoms with Gasteiger partial charge in [0.05, 0.1) is 13.3 Å². The molecular formula is C8H13N5OS2. The fraction of sp³-hybridized carbons (Fsp3) is 0.375. The van der Waals surface area contributed by atoms with E-state index < -0.39 is 0 Å². The molecule has 0 radical (unpaired) electrons. The van der Waals surface area contributed by atoms with Crippen LogP contribution in [0.25, 0.3) is 0 Å². The summed E-state index contributed by atoms with van der Waals surface area (Å²) < 4.78 is 5.12. The third-order valence-electron chi connectivity index (χ3n) is 1.54. The van der Waals surface area contributed by atoms with Crippen LogP contribution in [0.2, 0.25) is 0 Å². The first-order chi connectivity index (χ1) is 7.54. The molecule has 0 saturated carbocycles. The summed E-state index contributed by atoms with van der Waals surface area (Å²) >= 11 is 6.08. The van der Waals surface area contributed by atoms with E-state index in [9.17, 15) is 0 Å². The maximum Gasteiger partial charge on any atom is 0.235 e. The molecule has 1 heterocycles. The molecule has 1 aromatic heterocycles. The molecule has 0 fully saturated rings. The highest BCUT2D eigenvalue weighted by molar-refractivity contribution is 7.80. The van der Waals surface area contributed by atoms with Gasteiger partial charge in [-0.1, -0.05) is 11.3 Å². The number of hydrogen-bond acceptors (Lipinski definition) is 6. The Kier molecular flexibility index (Phi) is 4.44. The van der Waals surface area contributed by atoms with Gasteiger partial charge >= 0.3 is 0 Å². The maximum absolute atomic E-state index is 5.24. The normalized spacial score (nSPS) is 10.4. The predicted octanol–water partition coefficient (Wildman–Crippen LogP) is 0.385. The first kappa shape index (κ1) is 12.7. The lowest BCUT2D eigenvalue weighted by Gasteiger charge is -2.04. The van der Waals surface area contributed by atoms with Crippen molar-refractivity contribution in [3.63, 3.8) is 0 Å². The third-order valence-corrected chi connectivity index (χ3v) is 2.77. The standard InChI is InChI=1S/C8H13N5OS2/c1-13(2)8-11-6(14-3)5(16-8)4-10-12-7(9)15/h4H,1-3H3,(H3,9,12,15). The number of nitrogens with zero attached hydrogens (tertiary/aromatic N) is 3. The minimum absolute atomic E-state index is 0.118. The zero-order valence-electron chi connectivity index (χ0n) is 9.22. The van der Waals surface area contributed by atoms with Gasteiger partial charge in [-0.15, -0.1) is 0 Å². The molecular weight excluding hydrogens is 246 g/mol. The molecule has 8 heteroatoms. The SMILES string of the molecule is COc1nc(N(C)C)sc1C=NNC(N)=S. The molecule has 0 spiro atoms. The second-order valence-electron chi connectivity index (χ2n) is 3.00. The number of aromatic nitrogens is 1. The number of hydrazone groups is 1. The molecule has 88 valence electrons. The minimum Gasteiger partial charge on any atom is -0.480 e. The summed E-state index contributed by atoms with van der Waals surface area (Å²) in [6.45, 7) is 0. The summed E-state index contributed by atoms with van der Waals surface area (Å²) in [4.78, 5) is 6.96. The van der Waals surface area contributed by atoms with Crippen LogP contribution in [0.3, 0.4) is 0 Å². The van der Waals surface area contributed by atoms with Gasteiger partial charge in [-0.05, 0) is 12.2 Å². The van der Waals surface area contributed by atoms with Crippen molar-refractivity contribution in [2.75, 3.05) is 26.1 Å². The molecule has 0 aliphatic heterocycles. The van der Waals surface area contributed by atoms with Gasteiger partial charge in [0.25, 0.3) is 0 Å². The van der Waals surface area contributed by atoms with Crippen molar-refractivity contribution in [1.82, 2.24) is 10.4 Å². The van der Waals surface area contributed by atoms with Gasteiger partial charge in [-0.25, -0.2) is 0 Å². The number of nitrogens with two attached hydrogens (primary N) is 1. The molecule has 1 rings (SSSR count). The second-order valence-corrected chi connectivity index (χ2v) is 4.45. The molecule has 0 bridgehead atoms. The van der Waals surface area contributed by atoms with E-state index in [1.54, 1.807) is 13.3 Å². The van der Waals surface area contributed by atoms with E-state index >= 15 is 0 Å². The average Bonchev–Trinajstić information content (AvgIpc) is 2.60. The quantitative estimate of drug-likeness (QED) is 0.463. The molecule has 0 aromatic carbocycles. The maximum atomic E-state index is 5.24. The van der Waals surface area contributed by atoms with E-state index in [-0.39, 0.29) is 5.11 Å². The fourth-order valence-electron chi connectivity index (χ4n) is 0.880. The van der Waals surface area contributed by atoms with E-state index in [0.29, 0.717) is 5.88 Å². The summed E-state index contributed by atoms with van der Waals surface area (Å²) in [5, 5.41) is 4.81. The van der Waals surface area contributed by atoms with Gasteiger partial charge in [-0.3, -0.25) is 5.43 Å². The predicted molar refractivity (Wildman–Crippen MR) is 70.5 cm³/mol. The Bertz CT molecular complexity index is 401. The highest BCUT2D eigenvalue weighted by Crippen LogP contribution is 2.28. The van der Waals surface area contributed by atoms with Crippen LogP contribution < -0.4 is 20.8 Å². The molecule has 0 amide bonds. The summed E-state index contributed by atoms with van der Waals surface area (Å²) in [5.41, 5.74) is 7.71.